The lowest BCUT2D eigenvalue weighted by Gasteiger charge is -2.06. The SMILES string of the molecule is COc1ccc(Cl)cc1-c1nnc2sc(-c3ccc(F)cc3F)nn12. The first-order chi connectivity index (χ1) is 12.1. The summed E-state index contributed by atoms with van der Waals surface area (Å²) in [6.45, 7) is 0. The minimum Gasteiger partial charge on any atom is -0.496 e. The number of methoxy groups -OCH3 is 1. The van der Waals surface area contributed by atoms with E-state index in [-0.39, 0.29) is 5.56 Å². The molecule has 0 aliphatic carbocycles. The zero-order chi connectivity index (χ0) is 17.6. The molecule has 0 aliphatic heterocycles. The average Bonchev–Trinajstić information content (AvgIpc) is 3.15. The highest BCUT2D eigenvalue weighted by molar-refractivity contribution is 7.19. The fourth-order valence-corrected chi connectivity index (χ4v) is 3.45. The second kappa shape index (κ2) is 6.05. The van der Waals surface area contributed by atoms with E-state index in [1.54, 1.807) is 18.2 Å². The Morgan fingerprint density at radius 3 is 2.68 bits per heavy atom. The molecule has 2 aromatic heterocycles. The molecule has 0 radical (unpaired) electrons. The van der Waals surface area contributed by atoms with Gasteiger partial charge in [0.25, 0.3) is 0 Å². The quantitative estimate of drug-likeness (QED) is 0.528. The standard InChI is InChI=1S/C16H9ClF2N4OS/c1-24-13-5-2-8(17)6-11(13)14-20-21-16-23(14)22-15(25-16)10-4-3-9(18)7-12(10)19/h2-7H,1H3. The van der Waals surface area contributed by atoms with E-state index in [1.807, 2.05) is 0 Å². The molecule has 0 saturated carbocycles. The molecule has 0 N–H and O–H groups in total. The van der Waals surface area contributed by atoms with Crippen molar-refractivity contribution in [3.8, 4) is 27.7 Å². The summed E-state index contributed by atoms with van der Waals surface area (Å²) in [6.07, 6.45) is 0. The minimum atomic E-state index is -0.688. The van der Waals surface area contributed by atoms with Crippen LogP contribution in [0.1, 0.15) is 0 Å². The van der Waals surface area contributed by atoms with E-state index in [0.29, 0.717) is 32.1 Å². The summed E-state index contributed by atoms with van der Waals surface area (Å²) in [5, 5.41) is 13.4. The Kier molecular flexibility index (Phi) is 3.85. The highest BCUT2D eigenvalue weighted by Gasteiger charge is 2.19. The molecule has 5 nitrogen and oxygen atoms in total. The first kappa shape index (κ1) is 15.9. The number of halogens is 3. The average molecular weight is 379 g/mol. The Balaban J connectivity index is 1.88. The van der Waals surface area contributed by atoms with E-state index in [1.165, 1.54) is 23.8 Å². The van der Waals surface area contributed by atoms with E-state index in [0.717, 1.165) is 17.4 Å². The predicted octanol–water partition coefficient (Wildman–Crippen LogP) is 4.46. The highest BCUT2D eigenvalue weighted by Crippen LogP contribution is 2.34. The van der Waals surface area contributed by atoms with Gasteiger partial charge in [-0.05, 0) is 30.3 Å². The van der Waals surface area contributed by atoms with Crippen LogP contribution >= 0.6 is 22.9 Å². The molecule has 25 heavy (non-hydrogen) atoms. The van der Waals surface area contributed by atoms with Crippen molar-refractivity contribution in [3.05, 3.63) is 53.1 Å². The summed E-state index contributed by atoms with van der Waals surface area (Å²) in [5.74, 6) is -0.360. The molecule has 9 heteroatoms. The maximum atomic E-state index is 14.0. The van der Waals surface area contributed by atoms with Crippen molar-refractivity contribution in [1.82, 2.24) is 19.8 Å². The fraction of sp³-hybridized carbons (Fsp3) is 0.0625. The maximum Gasteiger partial charge on any atom is 0.235 e. The molecule has 0 spiro atoms. The lowest BCUT2D eigenvalue weighted by atomic mass is 10.2. The molecule has 0 saturated heterocycles. The van der Waals surface area contributed by atoms with Gasteiger partial charge in [-0.3, -0.25) is 0 Å². The van der Waals surface area contributed by atoms with Crippen molar-refractivity contribution in [2.45, 2.75) is 0 Å². The van der Waals surface area contributed by atoms with Gasteiger partial charge < -0.3 is 4.74 Å². The second-order valence-corrected chi connectivity index (χ2v) is 6.49. The number of fused-ring (bicyclic) bond motifs is 1. The van der Waals surface area contributed by atoms with Gasteiger partial charge >= 0.3 is 0 Å². The third-order valence-electron chi connectivity index (χ3n) is 3.55. The van der Waals surface area contributed by atoms with Gasteiger partial charge in [-0.2, -0.15) is 9.61 Å². The van der Waals surface area contributed by atoms with Crippen LogP contribution in [0.4, 0.5) is 8.78 Å². The molecule has 4 rings (SSSR count). The monoisotopic (exact) mass is 378 g/mol. The van der Waals surface area contributed by atoms with Crippen LogP contribution in [0.15, 0.2) is 36.4 Å². The van der Waals surface area contributed by atoms with Gasteiger partial charge in [0.2, 0.25) is 4.96 Å². The Morgan fingerprint density at radius 2 is 1.92 bits per heavy atom. The molecule has 126 valence electrons. The van der Waals surface area contributed by atoms with Crippen LogP contribution in [0.5, 0.6) is 5.75 Å². The van der Waals surface area contributed by atoms with Crippen molar-refractivity contribution in [1.29, 1.82) is 0 Å². The van der Waals surface area contributed by atoms with Crippen LogP contribution in [0.2, 0.25) is 5.02 Å². The number of ether oxygens (including phenoxy) is 1. The smallest absolute Gasteiger partial charge is 0.235 e. The van der Waals surface area contributed by atoms with Gasteiger partial charge in [-0.25, -0.2) is 8.78 Å². The fourth-order valence-electron chi connectivity index (χ4n) is 2.41. The molecular formula is C16H9ClF2N4OS. The highest BCUT2D eigenvalue weighted by atomic mass is 35.5. The molecule has 0 bridgehead atoms. The summed E-state index contributed by atoms with van der Waals surface area (Å²) >= 11 is 7.21. The van der Waals surface area contributed by atoms with E-state index in [9.17, 15) is 8.78 Å². The van der Waals surface area contributed by atoms with E-state index in [2.05, 4.69) is 15.3 Å². The van der Waals surface area contributed by atoms with Crippen LogP contribution in [0.25, 0.3) is 26.9 Å². The molecule has 2 aromatic carbocycles. The van der Waals surface area contributed by atoms with Crippen molar-refractivity contribution in [2.75, 3.05) is 7.11 Å². The van der Waals surface area contributed by atoms with Crippen molar-refractivity contribution in [3.63, 3.8) is 0 Å². The summed E-state index contributed by atoms with van der Waals surface area (Å²) in [7, 11) is 1.53. The Morgan fingerprint density at radius 1 is 1.08 bits per heavy atom. The third kappa shape index (κ3) is 2.73. The lowest BCUT2D eigenvalue weighted by molar-refractivity contribution is 0.416. The zero-order valence-corrected chi connectivity index (χ0v) is 14.3. The molecule has 4 aromatic rings. The normalized spacial score (nSPS) is 11.2. The molecular weight excluding hydrogens is 370 g/mol. The van der Waals surface area contributed by atoms with Crippen LogP contribution in [-0.2, 0) is 0 Å². The topological polar surface area (TPSA) is 52.3 Å². The summed E-state index contributed by atoms with van der Waals surface area (Å²) in [6, 6.07) is 8.44. The predicted molar refractivity (Wildman–Crippen MR) is 91.0 cm³/mol. The number of hydrogen-bond acceptors (Lipinski definition) is 5. The summed E-state index contributed by atoms with van der Waals surface area (Å²) in [4.78, 5) is 0.468. The van der Waals surface area contributed by atoms with Gasteiger partial charge in [0.15, 0.2) is 10.8 Å². The number of rotatable bonds is 3. The Labute approximate surface area is 149 Å². The Hall–Kier alpha value is -2.58. The number of aromatic nitrogens is 4. The maximum absolute atomic E-state index is 14.0. The van der Waals surface area contributed by atoms with E-state index in [4.69, 9.17) is 16.3 Å². The van der Waals surface area contributed by atoms with Crippen LogP contribution < -0.4 is 4.74 Å². The molecule has 0 aliphatic rings. The largest absolute Gasteiger partial charge is 0.496 e. The minimum absolute atomic E-state index is 0.195. The summed E-state index contributed by atoms with van der Waals surface area (Å²) < 4.78 is 33.9. The molecule has 0 unspecified atom stereocenters. The molecule has 0 atom stereocenters. The van der Waals surface area contributed by atoms with Crippen LogP contribution in [0, 0.1) is 11.6 Å². The lowest BCUT2D eigenvalue weighted by Crippen LogP contribution is -1.95. The van der Waals surface area contributed by atoms with Gasteiger partial charge in [-0.1, -0.05) is 22.9 Å². The number of benzene rings is 2. The van der Waals surface area contributed by atoms with Crippen LogP contribution in [0.3, 0.4) is 0 Å². The van der Waals surface area contributed by atoms with Gasteiger partial charge in [0, 0.05) is 16.7 Å². The van der Waals surface area contributed by atoms with E-state index >= 15 is 0 Å². The Bertz CT molecular complexity index is 1100. The number of nitrogens with zero attached hydrogens (tertiary/aromatic N) is 4. The number of hydrogen-bond donors (Lipinski definition) is 0. The molecule has 2 heterocycles. The first-order valence-corrected chi connectivity index (χ1v) is 8.28. The summed E-state index contributed by atoms with van der Waals surface area (Å²) in [5.41, 5.74) is 0.805. The van der Waals surface area contributed by atoms with Crippen molar-refractivity contribution in [2.24, 2.45) is 0 Å². The molecule has 0 amide bonds. The molecule has 0 fully saturated rings. The van der Waals surface area contributed by atoms with Gasteiger partial charge in [0.1, 0.15) is 17.4 Å². The first-order valence-electron chi connectivity index (χ1n) is 7.08. The van der Waals surface area contributed by atoms with Crippen molar-refractivity contribution >= 4 is 27.9 Å². The zero-order valence-electron chi connectivity index (χ0n) is 12.7. The third-order valence-corrected chi connectivity index (χ3v) is 4.72. The van der Waals surface area contributed by atoms with Gasteiger partial charge in [0.05, 0.1) is 12.7 Å². The van der Waals surface area contributed by atoms with Crippen molar-refractivity contribution < 1.29 is 13.5 Å². The second-order valence-electron chi connectivity index (χ2n) is 5.09. The van der Waals surface area contributed by atoms with E-state index < -0.39 is 11.6 Å². The van der Waals surface area contributed by atoms with Crippen LogP contribution in [-0.4, -0.2) is 26.9 Å². The van der Waals surface area contributed by atoms with Gasteiger partial charge in [-0.15, -0.1) is 10.2 Å².